The highest BCUT2D eigenvalue weighted by Crippen LogP contribution is 2.24. The van der Waals surface area contributed by atoms with Crippen LogP contribution in [0.4, 0.5) is 0 Å². The van der Waals surface area contributed by atoms with E-state index < -0.39 is 0 Å². The zero-order chi connectivity index (χ0) is 14.8. The topological polar surface area (TPSA) is 58.3 Å². The van der Waals surface area contributed by atoms with Crippen LogP contribution in [-0.2, 0) is 6.54 Å². The average molecular weight is 287 g/mol. The largest absolute Gasteiger partial charge is 0.338 e. The molecule has 0 spiro atoms. The smallest absolute Gasteiger partial charge is 0.245 e. The van der Waals surface area contributed by atoms with Gasteiger partial charge in [-0.1, -0.05) is 5.16 Å². The van der Waals surface area contributed by atoms with Crippen LogP contribution in [0.15, 0.2) is 23.0 Å². The standard InChI is InChI=1S/C15H21N5O/c1-11-4-5-16-8-13(11)9-20-7-6-19(3)14(10-20)15-17-12(2)18-21-15/h4-5,8,14H,6-7,9-10H2,1-3H3/t14-/m1/s1. The fourth-order valence-corrected chi connectivity index (χ4v) is 2.69. The van der Waals surface area contributed by atoms with Crippen molar-refractivity contribution in [3.63, 3.8) is 0 Å². The molecule has 3 heterocycles. The second kappa shape index (κ2) is 5.91. The molecule has 1 saturated heterocycles. The number of nitrogens with zero attached hydrogens (tertiary/aromatic N) is 5. The Bertz CT molecular complexity index is 612. The Morgan fingerprint density at radius 3 is 2.90 bits per heavy atom. The van der Waals surface area contributed by atoms with Crippen LogP contribution in [0.25, 0.3) is 0 Å². The van der Waals surface area contributed by atoms with Crippen molar-refractivity contribution >= 4 is 0 Å². The minimum absolute atomic E-state index is 0.164. The molecule has 2 aromatic heterocycles. The molecule has 1 aliphatic heterocycles. The summed E-state index contributed by atoms with van der Waals surface area (Å²) >= 11 is 0. The van der Waals surface area contributed by atoms with Crippen LogP contribution in [-0.4, -0.2) is 51.6 Å². The van der Waals surface area contributed by atoms with Gasteiger partial charge in [0.2, 0.25) is 5.89 Å². The summed E-state index contributed by atoms with van der Waals surface area (Å²) in [4.78, 5) is 13.3. The van der Waals surface area contributed by atoms with Gasteiger partial charge in [-0.2, -0.15) is 4.98 Å². The summed E-state index contributed by atoms with van der Waals surface area (Å²) in [5, 5.41) is 3.91. The molecular formula is C15H21N5O. The predicted molar refractivity (Wildman–Crippen MR) is 78.7 cm³/mol. The molecule has 1 atom stereocenters. The van der Waals surface area contributed by atoms with Crippen molar-refractivity contribution in [1.82, 2.24) is 24.9 Å². The van der Waals surface area contributed by atoms with Crippen LogP contribution in [0.2, 0.25) is 0 Å². The molecular weight excluding hydrogens is 266 g/mol. The van der Waals surface area contributed by atoms with E-state index in [1.165, 1.54) is 11.1 Å². The molecule has 0 aromatic carbocycles. The molecule has 112 valence electrons. The highest BCUT2D eigenvalue weighted by atomic mass is 16.5. The van der Waals surface area contributed by atoms with Crippen molar-refractivity contribution in [2.45, 2.75) is 26.4 Å². The normalized spacial score (nSPS) is 20.8. The lowest BCUT2D eigenvalue weighted by Crippen LogP contribution is -2.46. The van der Waals surface area contributed by atoms with Crippen LogP contribution in [0, 0.1) is 13.8 Å². The van der Waals surface area contributed by atoms with Crippen molar-refractivity contribution < 1.29 is 4.52 Å². The second-order valence-corrected chi connectivity index (χ2v) is 5.71. The third-order valence-corrected chi connectivity index (χ3v) is 4.10. The first-order chi connectivity index (χ1) is 10.1. The zero-order valence-corrected chi connectivity index (χ0v) is 12.8. The Kier molecular flexibility index (Phi) is 3.98. The summed E-state index contributed by atoms with van der Waals surface area (Å²) in [7, 11) is 2.11. The zero-order valence-electron chi connectivity index (χ0n) is 12.8. The number of hydrogen-bond acceptors (Lipinski definition) is 6. The molecule has 0 bridgehead atoms. The van der Waals surface area contributed by atoms with Crippen LogP contribution in [0.1, 0.15) is 28.9 Å². The van der Waals surface area contributed by atoms with Gasteiger partial charge >= 0.3 is 0 Å². The summed E-state index contributed by atoms with van der Waals surface area (Å²) < 4.78 is 5.35. The summed E-state index contributed by atoms with van der Waals surface area (Å²) in [5.41, 5.74) is 2.57. The maximum absolute atomic E-state index is 5.35. The van der Waals surface area contributed by atoms with E-state index in [1.54, 1.807) is 0 Å². The van der Waals surface area contributed by atoms with Crippen LogP contribution in [0.3, 0.4) is 0 Å². The summed E-state index contributed by atoms with van der Waals surface area (Å²) in [5.74, 6) is 1.40. The first-order valence-electron chi connectivity index (χ1n) is 7.26. The summed E-state index contributed by atoms with van der Waals surface area (Å²) in [6, 6.07) is 2.22. The van der Waals surface area contributed by atoms with Crippen molar-refractivity contribution in [2.24, 2.45) is 0 Å². The number of piperazine rings is 1. The third-order valence-electron chi connectivity index (χ3n) is 4.10. The molecule has 21 heavy (non-hydrogen) atoms. The Hall–Kier alpha value is -1.79. The second-order valence-electron chi connectivity index (χ2n) is 5.71. The highest BCUT2D eigenvalue weighted by Gasteiger charge is 2.29. The lowest BCUT2D eigenvalue weighted by molar-refractivity contribution is 0.0713. The van der Waals surface area contributed by atoms with Crippen molar-refractivity contribution in [2.75, 3.05) is 26.7 Å². The van der Waals surface area contributed by atoms with Gasteiger partial charge in [-0.25, -0.2) is 0 Å². The lowest BCUT2D eigenvalue weighted by Gasteiger charge is -2.37. The van der Waals surface area contributed by atoms with E-state index in [0.29, 0.717) is 11.7 Å². The molecule has 0 unspecified atom stereocenters. The van der Waals surface area contributed by atoms with Gasteiger partial charge in [-0.15, -0.1) is 0 Å². The Morgan fingerprint density at radius 2 is 2.19 bits per heavy atom. The van der Waals surface area contributed by atoms with E-state index in [4.69, 9.17) is 4.52 Å². The van der Waals surface area contributed by atoms with Gasteiger partial charge in [-0.3, -0.25) is 14.8 Å². The van der Waals surface area contributed by atoms with Crippen LogP contribution >= 0.6 is 0 Å². The van der Waals surface area contributed by atoms with Crippen LogP contribution < -0.4 is 0 Å². The highest BCUT2D eigenvalue weighted by molar-refractivity contribution is 5.21. The molecule has 1 aliphatic rings. The first kappa shape index (κ1) is 14.2. The van der Waals surface area contributed by atoms with Gasteiger partial charge in [0.15, 0.2) is 5.82 Å². The number of rotatable bonds is 3. The van der Waals surface area contributed by atoms with E-state index in [-0.39, 0.29) is 6.04 Å². The van der Waals surface area contributed by atoms with Crippen molar-refractivity contribution in [3.8, 4) is 0 Å². The van der Waals surface area contributed by atoms with Gasteiger partial charge in [0.1, 0.15) is 6.04 Å². The van der Waals surface area contributed by atoms with Gasteiger partial charge < -0.3 is 4.52 Å². The van der Waals surface area contributed by atoms with Gasteiger partial charge in [0.25, 0.3) is 0 Å². The monoisotopic (exact) mass is 287 g/mol. The molecule has 0 saturated carbocycles. The van der Waals surface area contributed by atoms with E-state index in [9.17, 15) is 0 Å². The van der Waals surface area contributed by atoms with Gasteiger partial charge in [-0.05, 0) is 38.1 Å². The number of likely N-dealkylation sites (N-methyl/N-ethyl adjacent to an activating group) is 1. The van der Waals surface area contributed by atoms with Gasteiger partial charge in [0.05, 0.1) is 0 Å². The molecule has 6 heteroatoms. The Morgan fingerprint density at radius 1 is 1.33 bits per heavy atom. The SMILES string of the molecule is Cc1noc([C@H]2CN(Cc3cnccc3C)CCN2C)n1. The van der Waals surface area contributed by atoms with E-state index in [0.717, 1.165) is 26.2 Å². The van der Waals surface area contributed by atoms with E-state index in [2.05, 4.69) is 45.0 Å². The fourth-order valence-electron chi connectivity index (χ4n) is 2.69. The predicted octanol–water partition coefficient (Wildman–Crippen LogP) is 1.57. The maximum atomic E-state index is 5.35. The summed E-state index contributed by atoms with van der Waals surface area (Å²) in [6.45, 7) is 7.82. The molecule has 0 aliphatic carbocycles. The first-order valence-corrected chi connectivity index (χ1v) is 7.26. The Balaban J connectivity index is 1.72. The lowest BCUT2D eigenvalue weighted by atomic mass is 10.1. The van der Waals surface area contributed by atoms with Crippen LogP contribution in [0.5, 0.6) is 0 Å². The van der Waals surface area contributed by atoms with Gasteiger partial charge in [0, 0.05) is 38.6 Å². The molecule has 0 N–H and O–H groups in total. The maximum Gasteiger partial charge on any atom is 0.245 e. The Labute approximate surface area is 124 Å². The van der Waals surface area contributed by atoms with E-state index >= 15 is 0 Å². The molecule has 2 aromatic rings. The number of hydrogen-bond donors (Lipinski definition) is 0. The van der Waals surface area contributed by atoms with Crippen molar-refractivity contribution in [1.29, 1.82) is 0 Å². The number of aryl methyl sites for hydroxylation is 2. The number of pyridine rings is 1. The molecule has 0 amide bonds. The molecule has 6 nitrogen and oxygen atoms in total. The van der Waals surface area contributed by atoms with Crippen molar-refractivity contribution in [3.05, 3.63) is 41.3 Å². The third kappa shape index (κ3) is 3.11. The average Bonchev–Trinajstić information content (AvgIpc) is 2.90. The fraction of sp³-hybridized carbons (Fsp3) is 0.533. The quantitative estimate of drug-likeness (QED) is 0.854. The number of aromatic nitrogens is 3. The molecule has 1 fully saturated rings. The minimum Gasteiger partial charge on any atom is -0.338 e. The summed E-state index contributed by atoms with van der Waals surface area (Å²) in [6.07, 6.45) is 3.80. The molecule has 0 radical (unpaired) electrons. The molecule has 3 rings (SSSR count). The van der Waals surface area contributed by atoms with E-state index in [1.807, 2.05) is 19.3 Å². The minimum atomic E-state index is 0.164.